The lowest BCUT2D eigenvalue weighted by Crippen LogP contribution is -2.50. The first-order valence-corrected chi connectivity index (χ1v) is 6.87. The van der Waals surface area contributed by atoms with Crippen molar-refractivity contribution in [2.24, 2.45) is 5.73 Å². The number of nitrogens with zero attached hydrogens (tertiary/aromatic N) is 2. The van der Waals surface area contributed by atoms with Crippen molar-refractivity contribution in [3.63, 3.8) is 0 Å². The molecule has 1 aromatic rings. The summed E-state index contributed by atoms with van der Waals surface area (Å²) in [5.41, 5.74) is 8.09. The summed E-state index contributed by atoms with van der Waals surface area (Å²) >= 11 is 6.40. The minimum absolute atomic E-state index is 0.0291. The van der Waals surface area contributed by atoms with Crippen LogP contribution in [0.5, 0.6) is 0 Å². The van der Waals surface area contributed by atoms with Crippen molar-refractivity contribution in [2.45, 2.75) is 25.9 Å². The van der Waals surface area contributed by atoms with Gasteiger partial charge in [0.05, 0.1) is 10.7 Å². The van der Waals surface area contributed by atoms with Crippen molar-refractivity contribution in [2.75, 3.05) is 31.6 Å². The standard InChI is InChI=1S/C14H22ClN3/c1-10-9-17(3)6-7-18(10)14-5-4-12(11(2)16)8-13(14)15/h4-5,8,10-11H,6-7,9,16H2,1-3H3. The number of hydrogen-bond donors (Lipinski definition) is 1. The molecule has 1 saturated heterocycles. The molecule has 4 heteroatoms. The molecule has 0 radical (unpaired) electrons. The number of nitrogens with two attached hydrogens (primary N) is 1. The van der Waals surface area contributed by atoms with E-state index >= 15 is 0 Å². The van der Waals surface area contributed by atoms with Crippen LogP contribution < -0.4 is 10.6 Å². The summed E-state index contributed by atoms with van der Waals surface area (Å²) in [7, 11) is 2.16. The number of likely N-dealkylation sites (N-methyl/N-ethyl adjacent to an activating group) is 1. The van der Waals surface area contributed by atoms with Gasteiger partial charge in [-0.25, -0.2) is 0 Å². The quantitative estimate of drug-likeness (QED) is 0.894. The Morgan fingerprint density at radius 1 is 1.39 bits per heavy atom. The average Bonchev–Trinajstić information content (AvgIpc) is 2.30. The molecule has 2 unspecified atom stereocenters. The lowest BCUT2D eigenvalue weighted by molar-refractivity contribution is 0.275. The molecular formula is C14H22ClN3. The lowest BCUT2D eigenvalue weighted by Gasteiger charge is -2.40. The fraction of sp³-hybridized carbons (Fsp3) is 0.571. The van der Waals surface area contributed by atoms with Gasteiger partial charge in [0, 0.05) is 31.7 Å². The van der Waals surface area contributed by atoms with E-state index in [2.05, 4.69) is 35.9 Å². The van der Waals surface area contributed by atoms with Crippen LogP contribution in [0.3, 0.4) is 0 Å². The zero-order valence-corrected chi connectivity index (χ0v) is 12.1. The van der Waals surface area contributed by atoms with Crippen molar-refractivity contribution in [3.05, 3.63) is 28.8 Å². The average molecular weight is 268 g/mol. The van der Waals surface area contributed by atoms with E-state index in [4.69, 9.17) is 17.3 Å². The Balaban J connectivity index is 2.23. The summed E-state index contributed by atoms with van der Waals surface area (Å²) in [5.74, 6) is 0. The van der Waals surface area contributed by atoms with Gasteiger partial charge in [0.1, 0.15) is 0 Å². The van der Waals surface area contributed by atoms with Crippen LogP contribution >= 0.6 is 11.6 Å². The van der Waals surface area contributed by atoms with Gasteiger partial charge in [-0.2, -0.15) is 0 Å². The molecule has 1 aliphatic rings. The van der Waals surface area contributed by atoms with Gasteiger partial charge in [-0.1, -0.05) is 17.7 Å². The van der Waals surface area contributed by atoms with E-state index in [-0.39, 0.29) is 6.04 Å². The molecule has 18 heavy (non-hydrogen) atoms. The number of hydrogen-bond acceptors (Lipinski definition) is 3. The summed E-state index contributed by atoms with van der Waals surface area (Å²) in [6.45, 7) is 7.39. The van der Waals surface area contributed by atoms with E-state index in [9.17, 15) is 0 Å². The highest BCUT2D eigenvalue weighted by molar-refractivity contribution is 6.33. The van der Waals surface area contributed by atoms with Crippen LogP contribution in [-0.4, -0.2) is 37.6 Å². The molecule has 0 bridgehead atoms. The number of piperazine rings is 1. The van der Waals surface area contributed by atoms with E-state index in [0.717, 1.165) is 35.9 Å². The molecule has 0 amide bonds. The van der Waals surface area contributed by atoms with Gasteiger partial charge in [-0.05, 0) is 38.6 Å². The Kier molecular flexibility index (Phi) is 4.15. The molecule has 1 heterocycles. The van der Waals surface area contributed by atoms with Crippen LogP contribution in [0.15, 0.2) is 18.2 Å². The van der Waals surface area contributed by atoms with E-state index < -0.39 is 0 Å². The second-order valence-corrected chi connectivity index (χ2v) is 5.71. The molecule has 2 N–H and O–H groups in total. The first kappa shape index (κ1) is 13.7. The minimum atomic E-state index is 0.0291. The van der Waals surface area contributed by atoms with E-state index in [1.54, 1.807) is 0 Å². The highest BCUT2D eigenvalue weighted by Crippen LogP contribution is 2.30. The second kappa shape index (κ2) is 5.47. The molecular weight excluding hydrogens is 246 g/mol. The van der Waals surface area contributed by atoms with Crippen LogP contribution in [0, 0.1) is 0 Å². The zero-order chi connectivity index (χ0) is 13.3. The van der Waals surface area contributed by atoms with Gasteiger partial charge in [-0.15, -0.1) is 0 Å². The van der Waals surface area contributed by atoms with Gasteiger partial charge >= 0.3 is 0 Å². The maximum absolute atomic E-state index is 6.40. The summed E-state index contributed by atoms with van der Waals surface area (Å²) in [4.78, 5) is 4.73. The molecule has 0 spiro atoms. The lowest BCUT2D eigenvalue weighted by atomic mass is 10.1. The summed E-state index contributed by atoms with van der Waals surface area (Å²) in [6, 6.07) is 6.69. The number of halogens is 1. The first-order valence-electron chi connectivity index (χ1n) is 6.49. The van der Waals surface area contributed by atoms with Crippen molar-refractivity contribution in [1.82, 2.24) is 4.90 Å². The van der Waals surface area contributed by atoms with Crippen LogP contribution in [0.4, 0.5) is 5.69 Å². The van der Waals surface area contributed by atoms with Crippen molar-refractivity contribution >= 4 is 17.3 Å². The second-order valence-electron chi connectivity index (χ2n) is 5.30. The summed E-state index contributed by atoms with van der Waals surface area (Å²) in [5, 5.41) is 0.807. The molecule has 1 fully saturated rings. The molecule has 0 aromatic heterocycles. The number of anilines is 1. The summed E-state index contributed by atoms with van der Waals surface area (Å²) in [6.07, 6.45) is 0. The van der Waals surface area contributed by atoms with Gasteiger partial charge in [0.25, 0.3) is 0 Å². The Bertz CT molecular complexity index is 420. The molecule has 100 valence electrons. The Morgan fingerprint density at radius 2 is 2.11 bits per heavy atom. The van der Waals surface area contributed by atoms with Crippen molar-refractivity contribution < 1.29 is 0 Å². The minimum Gasteiger partial charge on any atom is -0.365 e. The Morgan fingerprint density at radius 3 is 2.67 bits per heavy atom. The SMILES string of the molecule is CC(N)c1ccc(N2CCN(C)CC2C)c(Cl)c1. The predicted molar refractivity (Wildman–Crippen MR) is 78.4 cm³/mol. The molecule has 2 rings (SSSR count). The highest BCUT2D eigenvalue weighted by Gasteiger charge is 2.23. The van der Waals surface area contributed by atoms with Crippen LogP contribution in [-0.2, 0) is 0 Å². The largest absolute Gasteiger partial charge is 0.365 e. The third-order valence-corrected chi connectivity index (χ3v) is 3.94. The van der Waals surface area contributed by atoms with Gasteiger partial charge in [0.2, 0.25) is 0 Å². The predicted octanol–water partition coefficient (Wildman–Crippen LogP) is 2.50. The monoisotopic (exact) mass is 267 g/mol. The van der Waals surface area contributed by atoms with Crippen molar-refractivity contribution in [1.29, 1.82) is 0 Å². The van der Waals surface area contributed by atoms with Gasteiger partial charge in [-0.3, -0.25) is 0 Å². The molecule has 1 aromatic carbocycles. The summed E-state index contributed by atoms with van der Waals surface area (Å²) < 4.78 is 0. The third-order valence-electron chi connectivity index (χ3n) is 3.64. The van der Waals surface area contributed by atoms with Crippen LogP contribution in [0.1, 0.15) is 25.5 Å². The fourth-order valence-corrected chi connectivity index (χ4v) is 2.83. The normalized spacial score (nSPS) is 23.2. The number of benzene rings is 1. The van der Waals surface area contributed by atoms with E-state index in [1.165, 1.54) is 0 Å². The maximum atomic E-state index is 6.40. The molecule has 0 aliphatic carbocycles. The van der Waals surface area contributed by atoms with E-state index in [1.807, 2.05) is 13.0 Å². The Hall–Kier alpha value is -0.770. The Labute approximate surface area is 115 Å². The number of rotatable bonds is 2. The molecule has 1 aliphatic heterocycles. The maximum Gasteiger partial charge on any atom is 0.0643 e. The molecule has 3 nitrogen and oxygen atoms in total. The van der Waals surface area contributed by atoms with Gasteiger partial charge < -0.3 is 15.5 Å². The topological polar surface area (TPSA) is 32.5 Å². The van der Waals surface area contributed by atoms with E-state index in [0.29, 0.717) is 6.04 Å². The smallest absolute Gasteiger partial charge is 0.0643 e. The fourth-order valence-electron chi connectivity index (χ4n) is 2.54. The molecule has 2 atom stereocenters. The zero-order valence-electron chi connectivity index (χ0n) is 11.4. The highest BCUT2D eigenvalue weighted by atomic mass is 35.5. The first-order chi connectivity index (χ1) is 8.49. The van der Waals surface area contributed by atoms with Gasteiger partial charge in [0.15, 0.2) is 0 Å². The van der Waals surface area contributed by atoms with Crippen LogP contribution in [0.25, 0.3) is 0 Å². The van der Waals surface area contributed by atoms with Crippen LogP contribution in [0.2, 0.25) is 5.02 Å². The van der Waals surface area contributed by atoms with Crippen molar-refractivity contribution in [3.8, 4) is 0 Å². The molecule has 0 saturated carbocycles. The third kappa shape index (κ3) is 2.79.